The summed E-state index contributed by atoms with van der Waals surface area (Å²) in [6.45, 7) is 11.6. The van der Waals surface area contributed by atoms with Crippen molar-refractivity contribution in [1.29, 1.82) is 0 Å². The van der Waals surface area contributed by atoms with E-state index in [-0.39, 0.29) is 10.3 Å². The summed E-state index contributed by atoms with van der Waals surface area (Å²) in [6.07, 6.45) is 0. The van der Waals surface area contributed by atoms with E-state index >= 15 is 0 Å². The van der Waals surface area contributed by atoms with Gasteiger partial charge in [0.15, 0.2) is 0 Å². The van der Waals surface area contributed by atoms with Gasteiger partial charge in [-0.3, -0.25) is 9.10 Å². The summed E-state index contributed by atoms with van der Waals surface area (Å²) in [5.41, 5.74) is 4.37. The van der Waals surface area contributed by atoms with Crippen LogP contribution >= 0.6 is 0 Å². The molecule has 0 aliphatic carbocycles. The number of anilines is 1. The lowest BCUT2D eigenvalue weighted by atomic mass is 9.91. The first-order valence-corrected chi connectivity index (χ1v) is 11.5. The minimum Gasteiger partial charge on any atom is -0.494 e. The molecule has 1 N–H and O–H groups in total. The zero-order valence-corrected chi connectivity index (χ0v) is 19.8. The summed E-state index contributed by atoms with van der Waals surface area (Å²) in [6, 6.07) is 13.1. The summed E-state index contributed by atoms with van der Waals surface area (Å²) < 4.78 is 33.3. The van der Waals surface area contributed by atoms with E-state index in [0.29, 0.717) is 18.0 Å². The molecule has 168 valence electrons. The molecule has 0 aromatic heterocycles. The molecule has 0 spiro atoms. The molecule has 0 fully saturated rings. The van der Waals surface area contributed by atoms with Crippen LogP contribution < -0.4 is 14.5 Å². The van der Waals surface area contributed by atoms with Crippen molar-refractivity contribution in [1.82, 2.24) is 5.43 Å². The zero-order chi connectivity index (χ0) is 23.2. The third kappa shape index (κ3) is 6.55. The van der Waals surface area contributed by atoms with Crippen LogP contribution in [0.2, 0.25) is 0 Å². The molecule has 0 aliphatic heterocycles. The molecule has 2 aromatic rings. The number of aryl methyl sites for hydroxylation is 1. The standard InChI is InChI=1S/C23H31N3O4S/c1-7-30-20-12-14-21(15-13-20)31(28,29)26(19-10-8-17(2)9-11-19)16-22(27)25-24-18(3)23(4,5)6/h8-15H,7,16H2,1-6H3,(H,25,27). The van der Waals surface area contributed by atoms with Gasteiger partial charge in [0.2, 0.25) is 0 Å². The summed E-state index contributed by atoms with van der Waals surface area (Å²) in [5, 5.41) is 4.12. The van der Waals surface area contributed by atoms with Gasteiger partial charge in [-0.1, -0.05) is 38.5 Å². The van der Waals surface area contributed by atoms with Gasteiger partial charge in [-0.25, -0.2) is 13.8 Å². The van der Waals surface area contributed by atoms with E-state index < -0.39 is 22.5 Å². The molecule has 0 unspecified atom stereocenters. The van der Waals surface area contributed by atoms with Crippen LogP contribution in [-0.4, -0.2) is 33.2 Å². The van der Waals surface area contributed by atoms with Crippen molar-refractivity contribution in [3.8, 4) is 5.75 Å². The molecule has 0 saturated heterocycles. The molecule has 31 heavy (non-hydrogen) atoms. The number of amides is 1. The van der Waals surface area contributed by atoms with Crippen molar-refractivity contribution in [3.05, 3.63) is 54.1 Å². The molecule has 0 bridgehead atoms. The summed E-state index contributed by atoms with van der Waals surface area (Å²) >= 11 is 0. The Balaban J connectivity index is 2.36. The van der Waals surface area contributed by atoms with E-state index in [4.69, 9.17) is 4.74 Å². The number of carbonyl (C=O) groups is 1. The van der Waals surface area contributed by atoms with Gasteiger partial charge in [0.25, 0.3) is 15.9 Å². The molecule has 0 radical (unpaired) electrons. The Morgan fingerprint density at radius 2 is 1.65 bits per heavy atom. The van der Waals surface area contributed by atoms with E-state index in [1.807, 2.05) is 41.5 Å². The van der Waals surface area contributed by atoms with E-state index in [0.717, 1.165) is 15.6 Å². The van der Waals surface area contributed by atoms with E-state index in [1.54, 1.807) is 36.4 Å². The highest BCUT2D eigenvalue weighted by Crippen LogP contribution is 2.25. The van der Waals surface area contributed by atoms with Crippen molar-refractivity contribution in [2.45, 2.75) is 46.4 Å². The molecule has 0 saturated carbocycles. The summed E-state index contributed by atoms with van der Waals surface area (Å²) in [5.74, 6) is 0.0479. The highest BCUT2D eigenvalue weighted by atomic mass is 32.2. The average Bonchev–Trinajstić information content (AvgIpc) is 2.71. The predicted octanol–water partition coefficient (Wildman–Crippen LogP) is 4.13. The van der Waals surface area contributed by atoms with Crippen LogP contribution in [0.15, 0.2) is 58.5 Å². The first-order valence-electron chi connectivity index (χ1n) is 10.1. The van der Waals surface area contributed by atoms with Crippen LogP contribution in [0.3, 0.4) is 0 Å². The molecule has 0 heterocycles. The number of benzene rings is 2. The average molecular weight is 446 g/mol. The van der Waals surface area contributed by atoms with Gasteiger partial charge >= 0.3 is 0 Å². The molecule has 1 amide bonds. The van der Waals surface area contributed by atoms with Crippen molar-refractivity contribution in [3.63, 3.8) is 0 Å². The van der Waals surface area contributed by atoms with Gasteiger partial charge in [0, 0.05) is 11.1 Å². The Hall–Kier alpha value is -2.87. The molecule has 0 aliphatic rings. The number of hydrogen-bond acceptors (Lipinski definition) is 5. The van der Waals surface area contributed by atoms with Crippen molar-refractivity contribution in [2.75, 3.05) is 17.5 Å². The largest absolute Gasteiger partial charge is 0.494 e. The van der Waals surface area contributed by atoms with Crippen molar-refractivity contribution < 1.29 is 17.9 Å². The maximum atomic E-state index is 13.4. The van der Waals surface area contributed by atoms with Gasteiger partial charge in [-0.05, 0) is 57.2 Å². The quantitative estimate of drug-likeness (QED) is 0.489. The van der Waals surface area contributed by atoms with Gasteiger partial charge in [-0.2, -0.15) is 5.10 Å². The Kier molecular flexibility index (Phi) is 7.84. The smallest absolute Gasteiger partial charge is 0.264 e. The molecular weight excluding hydrogens is 414 g/mol. The second-order valence-electron chi connectivity index (χ2n) is 8.23. The topological polar surface area (TPSA) is 88.1 Å². The fourth-order valence-corrected chi connectivity index (χ4v) is 3.93. The van der Waals surface area contributed by atoms with Crippen LogP contribution in [-0.2, 0) is 14.8 Å². The number of nitrogens with one attached hydrogen (secondary N) is 1. The van der Waals surface area contributed by atoms with Crippen LogP contribution in [0.4, 0.5) is 5.69 Å². The molecule has 0 atom stereocenters. The Bertz CT molecular complexity index is 1020. The van der Waals surface area contributed by atoms with Gasteiger partial charge < -0.3 is 4.74 Å². The van der Waals surface area contributed by atoms with Crippen LogP contribution in [0.25, 0.3) is 0 Å². The molecular formula is C23H31N3O4S. The first-order chi connectivity index (χ1) is 14.4. The fraction of sp³-hybridized carbons (Fsp3) is 0.391. The number of hydrazone groups is 1. The molecule has 2 aromatic carbocycles. The lowest BCUT2D eigenvalue weighted by Crippen LogP contribution is -2.40. The van der Waals surface area contributed by atoms with Gasteiger partial charge in [0.05, 0.1) is 17.2 Å². The predicted molar refractivity (Wildman–Crippen MR) is 124 cm³/mol. The van der Waals surface area contributed by atoms with Crippen LogP contribution in [0.5, 0.6) is 5.75 Å². The first kappa shape index (κ1) is 24.4. The minimum atomic E-state index is -3.99. The van der Waals surface area contributed by atoms with Crippen LogP contribution in [0, 0.1) is 12.3 Å². The summed E-state index contributed by atoms with van der Waals surface area (Å²) in [4.78, 5) is 12.7. The third-order valence-corrected chi connectivity index (χ3v) is 6.55. The molecule has 2 rings (SSSR count). The second-order valence-corrected chi connectivity index (χ2v) is 10.1. The normalized spacial score (nSPS) is 12.4. The highest BCUT2D eigenvalue weighted by molar-refractivity contribution is 7.92. The Morgan fingerprint density at radius 3 is 2.16 bits per heavy atom. The SMILES string of the molecule is CCOc1ccc(S(=O)(=O)N(CC(=O)NN=C(C)C(C)(C)C)c2ccc(C)cc2)cc1. The molecule has 8 heteroatoms. The van der Waals surface area contributed by atoms with Crippen LogP contribution in [0.1, 0.15) is 40.2 Å². The van der Waals surface area contributed by atoms with Crippen molar-refractivity contribution in [2.24, 2.45) is 10.5 Å². The number of sulfonamides is 1. The minimum absolute atomic E-state index is 0.0682. The maximum absolute atomic E-state index is 13.4. The lowest BCUT2D eigenvalue weighted by Gasteiger charge is -2.24. The third-order valence-electron chi connectivity index (χ3n) is 4.77. The fourth-order valence-electron chi connectivity index (χ4n) is 2.51. The Labute approximate surface area is 185 Å². The highest BCUT2D eigenvalue weighted by Gasteiger charge is 2.27. The number of nitrogens with zero attached hydrogens (tertiary/aromatic N) is 2. The lowest BCUT2D eigenvalue weighted by molar-refractivity contribution is -0.119. The number of ether oxygens (including phenoxy) is 1. The van der Waals surface area contributed by atoms with Crippen molar-refractivity contribution >= 4 is 27.3 Å². The second kappa shape index (κ2) is 9.96. The maximum Gasteiger partial charge on any atom is 0.264 e. The Morgan fingerprint density at radius 1 is 1.06 bits per heavy atom. The van der Waals surface area contributed by atoms with E-state index in [2.05, 4.69) is 10.5 Å². The zero-order valence-electron chi connectivity index (χ0n) is 19.0. The van der Waals surface area contributed by atoms with E-state index in [1.165, 1.54) is 12.1 Å². The molecule has 7 nitrogen and oxygen atoms in total. The van der Waals surface area contributed by atoms with E-state index in [9.17, 15) is 13.2 Å². The summed E-state index contributed by atoms with van der Waals surface area (Å²) in [7, 11) is -3.99. The number of rotatable bonds is 8. The monoisotopic (exact) mass is 445 g/mol. The number of hydrogen-bond donors (Lipinski definition) is 1. The van der Waals surface area contributed by atoms with Gasteiger partial charge in [0.1, 0.15) is 12.3 Å². The van der Waals surface area contributed by atoms with Gasteiger partial charge in [-0.15, -0.1) is 0 Å². The number of carbonyl (C=O) groups excluding carboxylic acids is 1.